The zero-order valence-corrected chi connectivity index (χ0v) is 30.4. The standard InChI is InChI=1S/C36H35ClF4N10O4/c1-3-27-30(48-10-12-49(13-11-48)33(54)29-31(53)20(2)42-19-43-29)34(55)51-35(45-32(46-51)22-6-4-21(5-7-22)15-47-16-24(38)17-47)50(27)18-28(52)44-26-9-8-23(14-25(26)37)36(39,40)41/h4-9,14,19,24,53H,3,10-13,15-18H2,1-2H3,(H,44,52). The van der Waals surface area contributed by atoms with Crippen molar-refractivity contribution in [2.24, 2.45) is 0 Å². The fourth-order valence-corrected chi connectivity index (χ4v) is 6.97. The van der Waals surface area contributed by atoms with Crippen molar-refractivity contribution in [3.8, 4) is 17.1 Å². The molecule has 0 atom stereocenters. The number of aromatic nitrogens is 6. The van der Waals surface area contributed by atoms with Crippen molar-refractivity contribution in [1.29, 1.82) is 0 Å². The summed E-state index contributed by atoms with van der Waals surface area (Å²) in [6.45, 7) is 5.03. The number of fused-ring (bicyclic) bond motifs is 1. The van der Waals surface area contributed by atoms with Gasteiger partial charge in [-0.15, -0.1) is 5.10 Å². The van der Waals surface area contributed by atoms with Crippen molar-refractivity contribution in [3.63, 3.8) is 0 Å². The van der Waals surface area contributed by atoms with Crippen molar-refractivity contribution < 1.29 is 32.3 Å². The van der Waals surface area contributed by atoms with Gasteiger partial charge in [0, 0.05) is 51.4 Å². The maximum Gasteiger partial charge on any atom is 0.416 e. The van der Waals surface area contributed by atoms with E-state index in [1.807, 2.05) is 17.0 Å². The summed E-state index contributed by atoms with van der Waals surface area (Å²) in [5.74, 6) is -1.20. The van der Waals surface area contributed by atoms with Gasteiger partial charge in [-0.25, -0.2) is 14.4 Å². The van der Waals surface area contributed by atoms with Crippen LogP contribution in [-0.2, 0) is 30.5 Å². The number of hydrogen-bond acceptors (Lipinski definition) is 10. The van der Waals surface area contributed by atoms with Gasteiger partial charge in [-0.3, -0.25) is 19.3 Å². The highest BCUT2D eigenvalue weighted by atomic mass is 35.5. The Morgan fingerprint density at radius 1 is 1.04 bits per heavy atom. The quantitative estimate of drug-likeness (QED) is 0.207. The number of likely N-dealkylation sites (tertiary alicyclic amines) is 1. The molecule has 2 saturated heterocycles. The van der Waals surface area contributed by atoms with E-state index >= 15 is 0 Å². The van der Waals surface area contributed by atoms with Gasteiger partial charge >= 0.3 is 6.18 Å². The maximum absolute atomic E-state index is 14.3. The number of rotatable bonds is 9. The summed E-state index contributed by atoms with van der Waals surface area (Å²) in [7, 11) is 0. The number of aromatic hydroxyl groups is 1. The Morgan fingerprint density at radius 2 is 1.75 bits per heavy atom. The van der Waals surface area contributed by atoms with Gasteiger partial charge in [0.15, 0.2) is 17.3 Å². The number of nitrogens with one attached hydrogen (secondary N) is 1. The molecule has 5 heterocycles. The molecule has 2 N–H and O–H groups in total. The highest BCUT2D eigenvalue weighted by Gasteiger charge is 2.33. The monoisotopic (exact) mass is 782 g/mol. The fraction of sp³-hybridized carbons (Fsp3) is 0.361. The summed E-state index contributed by atoms with van der Waals surface area (Å²) in [6, 6.07) is 9.91. The second-order valence-electron chi connectivity index (χ2n) is 13.4. The third kappa shape index (κ3) is 7.55. The molecule has 5 aromatic rings. The van der Waals surface area contributed by atoms with E-state index in [-0.39, 0.29) is 77.7 Å². The number of halogens is 5. The second-order valence-corrected chi connectivity index (χ2v) is 13.8. The van der Waals surface area contributed by atoms with Crippen LogP contribution < -0.4 is 15.8 Å². The second kappa shape index (κ2) is 14.9. The Labute approximate surface area is 316 Å². The summed E-state index contributed by atoms with van der Waals surface area (Å²) in [5, 5.41) is 17.2. The van der Waals surface area contributed by atoms with E-state index in [9.17, 15) is 37.1 Å². The normalized spacial score (nSPS) is 15.4. The minimum atomic E-state index is -4.63. The minimum Gasteiger partial charge on any atom is -0.504 e. The number of hydrogen-bond donors (Lipinski definition) is 2. The number of carbonyl (C=O) groups excluding carboxylic acids is 2. The average molecular weight is 783 g/mol. The summed E-state index contributed by atoms with van der Waals surface area (Å²) in [4.78, 5) is 59.0. The SMILES string of the molecule is CCc1c(N2CCN(C(=O)c3ncnc(C)c3O)CC2)c(=O)n2nc(-c3ccc(CN4CC(F)C4)cc3)nc2n1CC(=O)Nc1ccc(C(F)(F)F)cc1Cl. The first-order valence-corrected chi connectivity index (χ1v) is 17.8. The predicted octanol–water partition coefficient (Wildman–Crippen LogP) is 4.35. The van der Waals surface area contributed by atoms with Crippen molar-refractivity contribution in [2.75, 3.05) is 49.5 Å². The molecule has 0 aliphatic carbocycles. The first kappa shape index (κ1) is 37.7. The number of alkyl halides is 4. The third-order valence-corrected chi connectivity index (χ3v) is 9.97. The lowest BCUT2D eigenvalue weighted by molar-refractivity contribution is -0.137. The van der Waals surface area contributed by atoms with Crippen LogP contribution in [0.5, 0.6) is 5.75 Å². The van der Waals surface area contributed by atoms with E-state index < -0.39 is 41.8 Å². The van der Waals surface area contributed by atoms with Crippen LogP contribution in [0.2, 0.25) is 5.02 Å². The molecule has 0 spiro atoms. The first-order valence-electron chi connectivity index (χ1n) is 17.4. The molecule has 3 aromatic heterocycles. The number of amides is 2. The molecular formula is C36H35ClF4N10O4. The summed E-state index contributed by atoms with van der Waals surface area (Å²) in [5.41, 5.74) is 0.816. The van der Waals surface area contributed by atoms with Crippen LogP contribution in [0.15, 0.2) is 53.6 Å². The molecule has 0 unspecified atom stereocenters. The molecule has 19 heteroatoms. The topological polar surface area (TPSA) is 154 Å². The van der Waals surface area contributed by atoms with Gasteiger partial charge in [0.05, 0.1) is 27.7 Å². The lowest BCUT2D eigenvalue weighted by atomic mass is 10.1. The van der Waals surface area contributed by atoms with Crippen LogP contribution in [0.3, 0.4) is 0 Å². The van der Waals surface area contributed by atoms with Crippen LogP contribution in [0.25, 0.3) is 17.2 Å². The third-order valence-electron chi connectivity index (χ3n) is 9.65. The lowest BCUT2D eigenvalue weighted by Gasteiger charge is -2.36. The lowest BCUT2D eigenvalue weighted by Crippen LogP contribution is -2.51. The maximum atomic E-state index is 14.3. The van der Waals surface area contributed by atoms with Crippen molar-refractivity contribution in [2.45, 2.75) is 45.7 Å². The van der Waals surface area contributed by atoms with Crippen molar-refractivity contribution in [3.05, 3.63) is 92.4 Å². The van der Waals surface area contributed by atoms with Gasteiger partial charge < -0.3 is 24.8 Å². The molecule has 0 bridgehead atoms. The molecule has 2 aromatic carbocycles. The first-order chi connectivity index (χ1) is 26.2. The molecule has 2 aliphatic heterocycles. The highest BCUT2D eigenvalue weighted by molar-refractivity contribution is 6.33. The molecule has 0 saturated carbocycles. The minimum absolute atomic E-state index is 0.0387. The predicted molar refractivity (Wildman–Crippen MR) is 194 cm³/mol. The van der Waals surface area contributed by atoms with Gasteiger partial charge in [0.25, 0.3) is 11.5 Å². The molecule has 7 rings (SSSR count). The van der Waals surface area contributed by atoms with Gasteiger partial charge in [-0.05, 0) is 37.1 Å². The number of benzene rings is 2. The van der Waals surface area contributed by atoms with E-state index in [1.165, 1.54) is 15.8 Å². The number of anilines is 2. The smallest absolute Gasteiger partial charge is 0.416 e. The molecule has 0 radical (unpaired) electrons. The van der Waals surface area contributed by atoms with E-state index in [4.69, 9.17) is 11.6 Å². The van der Waals surface area contributed by atoms with Gasteiger partial charge in [-0.2, -0.15) is 22.7 Å². The Hall–Kier alpha value is -5.62. The Morgan fingerprint density at radius 3 is 2.38 bits per heavy atom. The zero-order chi connectivity index (χ0) is 39.2. The van der Waals surface area contributed by atoms with Crippen LogP contribution in [0.1, 0.15) is 39.9 Å². The van der Waals surface area contributed by atoms with Crippen LogP contribution in [-0.4, -0.2) is 101 Å². The molecule has 14 nitrogen and oxygen atoms in total. The van der Waals surface area contributed by atoms with Crippen LogP contribution >= 0.6 is 11.6 Å². The van der Waals surface area contributed by atoms with Gasteiger partial charge in [0.2, 0.25) is 11.7 Å². The molecule has 55 heavy (non-hydrogen) atoms. The van der Waals surface area contributed by atoms with Crippen LogP contribution in [0.4, 0.5) is 28.9 Å². The van der Waals surface area contributed by atoms with E-state index in [1.54, 1.807) is 30.9 Å². The highest BCUT2D eigenvalue weighted by Crippen LogP contribution is 2.34. The van der Waals surface area contributed by atoms with Gasteiger partial charge in [-0.1, -0.05) is 42.8 Å². The van der Waals surface area contributed by atoms with E-state index in [0.29, 0.717) is 30.9 Å². The van der Waals surface area contributed by atoms with Crippen LogP contribution in [0, 0.1) is 6.92 Å². The van der Waals surface area contributed by atoms with Crippen molar-refractivity contribution >= 4 is 40.6 Å². The molecule has 2 aliphatic rings. The summed E-state index contributed by atoms with van der Waals surface area (Å²) in [6.07, 6.45) is -4.00. The number of piperazine rings is 1. The average Bonchev–Trinajstić information content (AvgIpc) is 3.60. The Kier molecular flexibility index (Phi) is 10.2. The summed E-state index contributed by atoms with van der Waals surface area (Å²) < 4.78 is 55.7. The molecule has 2 amide bonds. The van der Waals surface area contributed by atoms with E-state index in [2.05, 4.69) is 25.4 Å². The van der Waals surface area contributed by atoms with E-state index in [0.717, 1.165) is 28.3 Å². The molecular weight excluding hydrogens is 748 g/mol. The Bertz CT molecular complexity index is 2340. The number of nitrogens with zero attached hydrogens (tertiary/aromatic N) is 9. The zero-order valence-electron chi connectivity index (χ0n) is 29.6. The van der Waals surface area contributed by atoms with Crippen molar-refractivity contribution in [1.82, 2.24) is 38.9 Å². The Balaban J connectivity index is 1.22. The summed E-state index contributed by atoms with van der Waals surface area (Å²) >= 11 is 6.14. The van der Waals surface area contributed by atoms with Gasteiger partial charge in [0.1, 0.15) is 24.7 Å². The molecule has 288 valence electrons. The molecule has 2 fully saturated rings. The largest absolute Gasteiger partial charge is 0.504 e. The number of carbonyl (C=O) groups is 2. The fourth-order valence-electron chi connectivity index (χ4n) is 6.74. The number of aryl methyl sites for hydroxylation is 1.